The molecule has 0 aromatic heterocycles. The molecule has 0 saturated heterocycles. The third-order valence-corrected chi connectivity index (χ3v) is 3.41. The first-order chi connectivity index (χ1) is 10.1. The summed E-state index contributed by atoms with van der Waals surface area (Å²) in [6, 6.07) is 5.97. The molecule has 0 aliphatic heterocycles. The van der Waals surface area contributed by atoms with Crippen LogP contribution in [0.4, 0.5) is 0 Å². The van der Waals surface area contributed by atoms with E-state index in [1.807, 2.05) is 19.1 Å². The zero-order chi connectivity index (χ0) is 16.9. The van der Waals surface area contributed by atoms with E-state index in [2.05, 4.69) is 40.7 Å². The highest BCUT2D eigenvalue weighted by Gasteiger charge is 2.20. The average Bonchev–Trinajstić information content (AvgIpc) is 2.41. The lowest BCUT2D eigenvalue weighted by atomic mass is 9.84. The number of benzene rings is 1. The van der Waals surface area contributed by atoms with Crippen LogP contribution in [0.15, 0.2) is 24.3 Å². The maximum atomic E-state index is 11.0. The van der Waals surface area contributed by atoms with Gasteiger partial charge >= 0.3 is 5.97 Å². The number of allylic oxidation sites excluding steroid dienone is 1. The summed E-state index contributed by atoms with van der Waals surface area (Å²) in [6.45, 7) is 13.3. The molecule has 3 nitrogen and oxygen atoms in total. The molecule has 0 heterocycles. The molecule has 0 unspecified atom stereocenters. The van der Waals surface area contributed by atoms with Crippen LogP contribution < -0.4 is 4.74 Å². The average molecular weight is 304 g/mol. The molecule has 0 spiro atoms. The molecule has 1 rings (SSSR count). The molecule has 1 aromatic rings. The van der Waals surface area contributed by atoms with Crippen molar-refractivity contribution in [1.29, 1.82) is 0 Å². The third-order valence-electron chi connectivity index (χ3n) is 3.41. The number of carboxylic acid groups (broad SMARTS) is 1. The standard InChI is InChI=1S/C19H28O3/c1-7-14(11-18(20)21)15-8-9-17(22-12-13(2)3)16(10-15)19(4,5)6/h8-11,13H,7,12H2,1-6H3,(H,20,21)/b14-11+. The molecule has 1 N–H and O–H groups in total. The molecule has 122 valence electrons. The maximum Gasteiger partial charge on any atom is 0.328 e. The van der Waals surface area contributed by atoms with Gasteiger partial charge in [0, 0.05) is 11.6 Å². The lowest BCUT2D eigenvalue weighted by Crippen LogP contribution is -2.15. The van der Waals surface area contributed by atoms with Crippen molar-refractivity contribution in [2.75, 3.05) is 6.61 Å². The summed E-state index contributed by atoms with van der Waals surface area (Å²) in [4.78, 5) is 11.0. The Hall–Kier alpha value is -1.77. The number of rotatable bonds is 6. The van der Waals surface area contributed by atoms with Gasteiger partial charge in [0.05, 0.1) is 6.61 Å². The Morgan fingerprint density at radius 1 is 1.32 bits per heavy atom. The first-order valence-electron chi connectivity index (χ1n) is 7.86. The molecule has 1 aromatic carbocycles. The second kappa shape index (κ2) is 7.48. The second-order valence-corrected chi connectivity index (χ2v) is 7.03. The Kier molecular flexibility index (Phi) is 6.21. The molecule has 0 saturated carbocycles. The van der Waals surface area contributed by atoms with E-state index in [4.69, 9.17) is 9.84 Å². The summed E-state index contributed by atoms with van der Waals surface area (Å²) in [6.07, 6.45) is 1.97. The first kappa shape index (κ1) is 18.3. The Morgan fingerprint density at radius 2 is 1.95 bits per heavy atom. The van der Waals surface area contributed by atoms with E-state index in [9.17, 15) is 4.79 Å². The Morgan fingerprint density at radius 3 is 2.41 bits per heavy atom. The van der Waals surface area contributed by atoms with E-state index in [1.165, 1.54) is 6.08 Å². The summed E-state index contributed by atoms with van der Waals surface area (Å²) in [5, 5.41) is 9.00. The van der Waals surface area contributed by atoms with Crippen LogP contribution in [0.25, 0.3) is 5.57 Å². The third kappa shape index (κ3) is 5.21. The smallest absolute Gasteiger partial charge is 0.328 e. The van der Waals surface area contributed by atoms with Gasteiger partial charge in [-0.1, -0.05) is 47.6 Å². The Bertz CT molecular complexity index is 548. The zero-order valence-electron chi connectivity index (χ0n) is 14.6. The van der Waals surface area contributed by atoms with Crippen molar-refractivity contribution in [3.63, 3.8) is 0 Å². The van der Waals surface area contributed by atoms with Gasteiger partial charge in [-0.2, -0.15) is 0 Å². The summed E-state index contributed by atoms with van der Waals surface area (Å²) >= 11 is 0. The van der Waals surface area contributed by atoms with Gasteiger partial charge in [0.25, 0.3) is 0 Å². The number of aliphatic carboxylic acids is 1. The minimum atomic E-state index is -0.908. The number of ether oxygens (including phenoxy) is 1. The van der Waals surface area contributed by atoms with E-state index in [0.29, 0.717) is 18.9 Å². The summed E-state index contributed by atoms with van der Waals surface area (Å²) < 4.78 is 5.94. The minimum absolute atomic E-state index is 0.0651. The van der Waals surface area contributed by atoms with Crippen molar-refractivity contribution >= 4 is 11.5 Å². The van der Waals surface area contributed by atoms with Gasteiger partial charge in [0.15, 0.2) is 0 Å². The van der Waals surface area contributed by atoms with Crippen LogP contribution >= 0.6 is 0 Å². The van der Waals surface area contributed by atoms with E-state index in [0.717, 1.165) is 22.4 Å². The van der Waals surface area contributed by atoms with Crippen molar-refractivity contribution in [2.45, 2.75) is 53.4 Å². The van der Waals surface area contributed by atoms with Gasteiger partial charge < -0.3 is 9.84 Å². The van der Waals surface area contributed by atoms with E-state index >= 15 is 0 Å². The van der Waals surface area contributed by atoms with Gasteiger partial charge in [-0.25, -0.2) is 4.79 Å². The fourth-order valence-corrected chi connectivity index (χ4v) is 2.24. The van der Waals surface area contributed by atoms with Crippen molar-refractivity contribution in [3.05, 3.63) is 35.4 Å². The molecule has 3 heteroatoms. The molecular formula is C19H28O3. The molecular weight excluding hydrogens is 276 g/mol. The zero-order valence-corrected chi connectivity index (χ0v) is 14.6. The molecule has 0 atom stereocenters. The van der Waals surface area contributed by atoms with Crippen LogP contribution in [0, 0.1) is 5.92 Å². The molecule has 0 bridgehead atoms. The fraction of sp³-hybridized carbons (Fsp3) is 0.526. The maximum absolute atomic E-state index is 11.0. The highest BCUT2D eigenvalue weighted by molar-refractivity contribution is 5.90. The van der Waals surface area contributed by atoms with Gasteiger partial charge in [-0.3, -0.25) is 0 Å². The normalized spacial score (nSPS) is 12.6. The highest BCUT2D eigenvalue weighted by Crippen LogP contribution is 2.34. The van der Waals surface area contributed by atoms with Gasteiger partial charge in [-0.15, -0.1) is 0 Å². The molecule has 0 fully saturated rings. The van der Waals surface area contributed by atoms with Crippen LogP contribution in [-0.2, 0) is 10.2 Å². The minimum Gasteiger partial charge on any atom is -0.493 e. The fourth-order valence-electron chi connectivity index (χ4n) is 2.24. The summed E-state index contributed by atoms with van der Waals surface area (Å²) in [5.74, 6) is 0.440. The quantitative estimate of drug-likeness (QED) is 0.761. The van der Waals surface area contributed by atoms with Crippen molar-refractivity contribution in [3.8, 4) is 5.75 Å². The predicted molar refractivity (Wildman–Crippen MR) is 91.4 cm³/mol. The first-order valence-corrected chi connectivity index (χ1v) is 7.86. The lowest BCUT2D eigenvalue weighted by molar-refractivity contribution is -0.131. The van der Waals surface area contributed by atoms with Crippen molar-refractivity contribution in [1.82, 2.24) is 0 Å². The number of carbonyl (C=O) groups is 1. The second-order valence-electron chi connectivity index (χ2n) is 7.03. The van der Waals surface area contributed by atoms with Gasteiger partial charge in [0.1, 0.15) is 5.75 Å². The molecule has 0 aliphatic carbocycles. The van der Waals surface area contributed by atoms with Crippen molar-refractivity contribution < 1.29 is 14.6 Å². The SMILES string of the molecule is CC/C(=C\C(=O)O)c1ccc(OCC(C)C)c(C(C)(C)C)c1. The number of carboxylic acids is 1. The van der Waals surface area contributed by atoms with Crippen molar-refractivity contribution in [2.24, 2.45) is 5.92 Å². The molecule has 0 amide bonds. The topological polar surface area (TPSA) is 46.5 Å². The largest absolute Gasteiger partial charge is 0.493 e. The predicted octanol–water partition coefficient (Wildman–Crippen LogP) is 4.90. The van der Waals surface area contributed by atoms with Crippen LogP contribution in [0.2, 0.25) is 0 Å². The number of hydrogen-bond donors (Lipinski definition) is 1. The Labute approximate surface area is 134 Å². The van der Waals surface area contributed by atoms with E-state index < -0.39 is 5.97 Å². The van der Waals surface area contributed by atoms with Crippen LogP contribution in [-0.4, -0.2) is 17.7 Å². The molecule has 0 aliphatic rings. The Balaban J connectivity index is 3.28. The van der Waals surface area contributed by atoms with Gasteiger partial charge in [0.2, 0.25) is 0 Å². The highest BCUT2D eigenvalue weighted by atomic mass is 16.5. The van der Waals surface area contributed by atoms with Crippen LogP contribution in [0.1, 0.15) is 59.1 Å². The van der Waals surface area contributed by atoms with E-state index in [-0.39, 0.29) is 5.41 Å². The monoisotopic (exact) mass is 304 g/mol. The number of hydrogen-bond acceptors (Lipinski definition) is 2. The summed E-state index contributed by atoms with van der Waals surface area (Å²) in [5.41, 5.74) is 2.82. The lowest BCUT2D eigenvalue weighted by Gasteiger charge is -2.24. The van der Waals surface area contributed by atoms with Crippen LogP contribution in [0.5, 0.6) is 5.75 Å². The summed E-state index contributed by atoms with van der Waals surface area (Å²) in [7, 11) is 0. The molecule has 22 heavy (non-hydrogen) atoms. The van der Waals surface area contributed by atoms with Gasteiger partial charge in [-0.05, 0) is 41.0 Å². The van der Waals surface area contributed by atoms with Crippen LogP contribution in [0.3, 0.4) is 0 Å². The molecule has 0 radical (unpaired) electrons. The van der Waals surface area contributed by atoms with E-state index in [1.54, 1.807) is 0 Å².